The molecule has 0 bridgehead atoms. The van der Waals surface area contributed by atoms with E-state index in [1.54, 1.807) is 0 Å². The number of hydrogen-bond acceptors (Lipinski definition) is 2. The van der Waals surface area contributed by atoms with E-state index in [1.165, 1.54) is 0 Å². The van der Waals surface area contributed by atoms with Crippen LogP contribution in [0.15, 0.2) is 0 Å². The minimum atomic E-state index is 0.00514. The van der Waals surface area contributed by atoms with Crippen LogP contribution in [-0.4, -0.2) is 12.6 Å². The first kappa shape index (κ1) is 17.5. The van der Waals surface area contributed by atoms with Gasteiger partial charge in [0.25, 0.3) is 0 Å². The highest BCUT2D eigenvalue weighted by atomic mass is 16.5. The van der Waals surface area contributed by atoms with Crippen LogP contribution in [0, 0.1) is 29.6 Å². The number of carbonyl (C=O) groups is 1. The molecule has 0 aromatic rings. The van der Waals surface area contributed by atoms with Crippen LogP contribution in [-0.2, 0) is 9.53 Å². The summed E-state index contributed by atoms with van der Waals surface area (Å²) < 4.78 is 5.43. The maximum atomic E-state index is 12.2. The maximum Gasteiger partial charge on any atom is 0.309 e. The topological polar surface area (TPSA) is 26.3 Å². The van der Waals surface area contributed by atoms with E-state index in [4.69, 9.17) is 4.74 Å². The summed E-state index contributed by atoms with van der Waals surface area (Å²) in [4.78, 5) is 12.2. The third-order valence-corrected chi connectivity index (χ3v) is 3.12. The Hall–Kier alpha value is -0.530. The Kier molecular flexibility index (Phi) is 8.30. The van der Waals surface area contributed by atoms with Gasteiger partial charge in [-0.15, -0.1) is 0 Å². The molecule has 0 fully saturated rings. The standard InChI is InChI=1S/C16H32O2/c1-11(2)8-14(7)15(9-12(3)4)16(17)18-10-13(5)6/h11-15H,8-10H2,1-7H3. The van der Waals surface area contributed by atoms with E-state index in [1.807, 2.05) is 0 Å². The first-order valence-corrected chi connectivity index (χ1v) is 7.40. The zero-order valence-electron chi connectivity index (χ0n) is 13.3. The molecule has 18 heavy (non-hydrogen) atoms. The Balaban J connectivity index is 4.50. The zero-order valence-corrected chi connectivity index (χ0v) is 13.3. The number of rotatable bonds is 8. The van der Waals surface area contributed by atoms with E-state index in [-0.39, 0.29) is 11.9 Å². The van der Waals surface area contributed by atoms with Gasteiger partial charge in [0.15, 0.2) is 0 Å². The maximum absolute atomic E-state index is 12.2. The summed E-state index contributed by atoms with van der Waals surface area (Å²) in [6.45, 7) is 15.6. The van der Waals surface area contributed by atoms with Crippen LogP contribution in [0.5, 0.6) is 0 Å². The first-order valence-electron chi connectivity index (χ1n) is 7.40. The van der Waals surface area contributed by atoms with E-state index in [0.29, 0.717) is 30.3 Å². The largest absolute Gasteiger partial charge is 0.465 e. The highest BCUT2D eigenvalue weighted by molar-refractivity contribution is 5.72. The lowest BCUT2D eigenvalue weighted by atomic mass is 9.82. The SMILES string of the molecule is CC(C)COC(=O)C(CC(C)C)C(C)CC(C)C. The molecule has 0 aliphatic heterocycles. The van der Waals surface area contributed by atoms with E-state index in [9.17, 15) is 4.79 Å². The summed E-state index contributed by atoms with van der Waals surface area (Å²) in [6, 6.07) is 0. The average molecular weight is 256 g/mol. The molecule has 0 rings (SSSR count). The van der Waals surface area contributed by atoms with Gasteiger partial charge < -0.3 is 4.74 Å². The quantitative estimate of drug-likeness (QED) is 0.596. The predicted octanol–water partition coefficient (Wildman–Crippen LogP) is 4.53. The minimum Gasteiger partial charge on any atom is -0.465 e. The highest BCUT2D eigenvalue weighted by Gasteiger charge is 2.27. The molecule has 0 aliphatic carbocycles. The van der Waals surface area contributed by atoms with Gasteiger partial charge in [0.2, 0.25) is 0 Å². The van der Waals surface area contributed by atoms with Gasteiger partial charge in [-0.3, -0.25) is 4.79 Å². The second kappa shape index (κ2) is 8.55. The van der Waals surface area contributed by atoms with E-state index in [2.05, 4.69) is 48.5 Å². The number of hydrogen-bond donors (Lipinski definition) is 0. The Morgan fingerprint density at radius 2 is 1.33 bits per heavy atom. The van der Waals surface area contributed by atoms with Crippen LogP contribution in [0.2, 0.25) is 0 Å². The zero-order chi connectivity index (χ0) is 14.3. The molecule has 0 radical (unpaired) electrons. The second-order valence-corrected chi connectivity index (χ2v) is 6.87. The van der Waals surface area contributed by atoms with Crippen LogP contribution < -0.4 is 0 Å². The van der Waals surface area contributed by atoms with Crippen molar-refractivity contribution < 1.29 is 9.53 Å². The highest BCUT2D eigenvalue weighted by Crippen LogP contribution is 2.27. The van der Waals surface area contributed by atoms with Crippen molar-refractivity contribution >= 4 is 5.97 Å². The molecule has 0 amide bonds. The lowest BCUT2D eigenvalue weighted by Crippen LogP contribution is -2.27. The van der Waals surface area contributed by atoms with Gasteiger partial charge in [-0.2, -0.15) is 0 Å². The van der Waals surface area contributed by atoms with Gasteiger partial charge in [-0.25, -0.2) is 0 Å². The van der Waals surface area contributed by atoms with E-state index >= 15 is 0 Å². The third kappa shape index (κ3) is 7.73. The lowest BCUT2D eigenvalue weighted by molar-refractivity contribution is -0.152. The fourth-order valence-electron chi connectivity index (χ4n) is 2.33. The molecular formula is C16H32O2. The van der Waals surface area contributed by atoms with Crippen molar-refractivity contribution in [3.63, 3.8) is 0 Å². The normalized spacial score (nSPS) is 15.2. The fraction of sp³-hybridized carbons (Fsp3) is 0.938. The van der Waals surface area contributed by atoms with E-state index in [0.717, 1.165) is 12.8 Å². The molecule has 0 heterocycles. The van der Waals surface area contributed by atoms with Gasteiger partial charge in [0.05, 0.1) is 12.5 Å². The summed E-state index contributed by atoms with van der Waals surface area (Å²) in [7, 11) is 0. The second-order valence-electron chi connectivity index (χ2n) is 6.87. The molecule has 108 valence electrons. The lowest BCUT2D eigenvalue weighted by Gasteiger charge is -2.25. The fourth-order valence-corrected chi connectivity index (χ4v) is 2.33. The summed E-state index contributed by atoms with van der Waals surface area (Å²) in [5.74, 6) is 2.06. The summed E-state index contributed by atoms with van der Waals surface area (Å²) in [5.41, 5.74) is 0. The van der Waals surface area contributed by atoms with Gasteiger partial charge in [-0.1, -0.05) is 48.5 Å². The monoisotopic (exact) mass is 256 g/mol. The van der Waals surface area contributed by atoms with Crippen LogP contribution in [0.1, 0.15) is 61.3 Å². The molecule has 2 nitrogen and oxygen atoms in total. The van der Waals surface area contributed by atoms with Crippen LogP contribution in [0.3, 0.4) is 0 Å². The van der Waals surface area contributed by atoms with Gasteiger partial charge in [0, 0.05) is 0 Å². The summed E-state index contributed by atoms with van der Waals surface area (Å²) in [6.07, 6.45) is 2.03. The molecular weight excluding hydrogens is 224 g/mol. The Morgan fingerprint density at radius 3 is 1.72 bits per heavy atom. The van der Waals surface area contributed by atoms with Gasteiger partial charge in [0.1, 0.15) is 0 Å². The van der Waals surface area contributed by atoms with E-state index < -0.39 is 0 Å². The molecule has 0 aromatic heterocycles. The minimum absolute atomic E-state index is 0.00514. The van der Waals surface area contributed by atoms with Crippen molar-refractivity contribution in [3.05, 3.63) is 0 Å². The number of carbonyl (C=O) groups excluding carboxylic acids is 1. The predicted molar refractivity (Wildman–Crippen MR) is 77.4 cm³/mol. The van der Waals surface area contributed by atoms with Gasteiger partial charge in [-0.05, 0) is 36.5 Å². The molecule has 0 spiro atoms. The van der Waals surface area contributed by atoms with Crippen molar-refractivity contribution in [1.82, 2.24) is 0 Å². The van der Waals surface area contributed by atoms with Crippen molar-refractivity contribution in [2.24, 2.45) is 29.6 Å². The molecule has 2 atom stereocenters. The van der Waals surface area contributed by atoms with Crippen LogP contribution in [0.25, 0.3) is 0 Å². The van der Waals surface area contributed by atoms with Crippen LogP contribution in [0.4, 0.5) is 0 Å². The van der Waals surface area contributed by atoms with Crippen molar-refractivity contribution in [2.75, 3.05) is 6.61 Å². The summed E-state index contributed by atoms with van der Waals surface area (Å²) >= 11 is 0. The molecule has 2 heteroatoms. The third-order valence-electron chi connectivity index (χ3n) is 3.12. The first-order chi connectivity index (χ1) is 8.23. The Morgan fingerprint density at radius 1 is 0.833 bits per heavy atom. The molecule has 0 N–H and O–H groups in total. The number of esters is 1. The van der Waals surface area contributed by atoms with Crippen molar-refractivity contribution in [2.45, 2.75) is 61.3 Å². The summed E-state index contributed by atoms with van der Waals surface area (Å²) in [5, 5.41) is 0. The van der Waals surface area contributed by atoms with Crippen LogP contribution >= 0.6 is 0 Å². The molecule has 0 aliphatic rings. The van der Waals surface area contributed by atoms with Gasteiger partial charge >= 0.3 is 5.97 Å². The number of ether oxygens (including phenoxy) is 1. The average Bonchev–Trinajstić information content (AvgIpc) is 2.21. The van der Waals surface area contributed by atoms with Crippen molar-refractivity contribution in [1.29, 1.82) is 0 Å². The van der Waals surface area contributed by atoms with Crippen molar-refractivity contribution in [3.8, 4) is 0 Å². The molecule has 0 aromatic carbocycles. The Bertz CT molecular complexity index is 231. The Labute approximate surface area is 113 Å². The molecule has 0 saturated heterocycles. The molecule has 0 saturated carbocycles. The smallest absolute Gasteiger partial charge is 0.309 e. The molecule has 2 unspecified atom stereocenters.